The Morgan fingerprint density at radius 3 is 2.00 bits per heavy atom. The van der Waals surface area contributed by atoms with Crippen LogP contribution in [0.2, 0.25) is 0 Å². The van der Waals surface area contributed by atoms with Gasteiger partial charge in [0.1, 0.15) is 0 Å². The first-order chi connectivity index (χ1) is 13.6. The molecular formula is C27H29N. The van der Waals surface area contributed by atoms with E-state index in [2.05, 4.69) is 97.6 Å². The van der Waals surface area contributed by atoms with E-state index in [0.717, 1.165) is 6.54 Å². The third-order valence-corrected chi connectivity index (χ3v) is 7.37. The van der Waals surface area contributed by atoms with Gasteiger partial charge in [-0.1, -0.05) is 66.7 Å². The second kappa shape index (κ2) is 6.51. The summed E-state index contributed by atoms with van der Waals surface area (Å²) < 4.78 is 0. The smallest absolute Gasteiger partial charge is 0.0375 e. The molecule has 0 N–H and O–H groups in total. The lowest BCUT2D eigenvalue weighted by Crippen LogP contribution is -2.63. The largest absolute Gasteiger partial charge is 0.365 e. The number of para-hydroxylation sites is 1. The predicted octanol–water partition coefficient (Wildman–Crippen LogP) is 6.75. The summed E-state index contributed by atoms with van der Waals surface area (Å²) >= 11 is 0. The summed E-state index contributed by atoms with van der Waals surface area (Å²) in [7, 11) is 0. The second-order valence-corrected chi connectivity index (χ2v) is 9.09. The zero-order valence-electron chi connectivity index (χ0n) is 17.0. The van der Waals surface area contributed by atoms with Crippen LogP contribution in [-0.4, -0.2) is 12.1 Å². The lowest BCUT2D eigenvalue weighted by atomic mass is 9.59. The van der Waals surface area contributed by atoms with E-state index >= 15 is 0 Å². The van der Waals surface area contributed by atoms with Crippen LogP contribution in [0.15, 0.2) is 78.9 Å². The van der Waals surface area contributed by atoms with Crippen molar-refractivity contribution >= 4 is 5.69 Å². The van der Waals surface area contributed by atoms with E-state index in [1.165, 1.54) is 48.1 Å². The Morgan fingerprint density at radius 2 is 1.36 bits per heavy atom. The minimum absolute atomic E-state index is 0.285. The fourth-order valence-electron chi connectivity index (χ4n) is 5.62. The van der Waals surface area contributed by atoms with Gasteiger partial charge in [0.15, 0.2) is 0 Å². The van der Waals surface area contributed by atoms with Crippen molar-refractivity contribution < 1.29 is 0 Å². The van der Waals surface area contributed by atoms with E-state index in [4.69, 9.17) is 0 Å². The van der Waals surface area contributed by atoms with Gasteiger partial charge in [-0.15, -0.1) is 0 Å². The van der Waals surface area contributed by atoms with Crippen molar-refractivity contribution in [3.63, 3.8) is 0 Å². The monoisotopic (exact) mass is 367 g/mol. The van der Waals surface area contributed by atoms with Crippen LogP contribution >= 0.6 is 0 Å². The molecule has 142 valence electrons. The van der Waals surface area contributed by atoms with E-state index < -0.39 is 0 Å². The molecule has 1 aliphatic carbocycles. The van der Waals surface area contributed by atoms with Gasteiger partial charge in [-0.25, -0.2) is 0 Å². The summed E-state index contributed by atoms with van der Waals surface area (Å²) in [6, 6.07) is 28.9. The van der Waals surface area contributed by atoms with E-state index in [1.807, 2.05) is 0 Å². The zero-order chi connectivity index (χ0) is 19.2. The first-order valence-corrected chi connectivity index (χ1v) is 10.6. The Bertz CT molecular complexity index is 966. The average molecular weight is 368 g/mol. The SMILES string of the molecule is Cc1cc(-c2ccccc2)ccc1C12CCC(C)(CC1)N(c1ccccc1)C2. The molecule has 3 fully saturated rings. The number of aryl methyl sites for hydroxylation is 1. The van der Waals surface area contributed by atoms with Crippen LogP contribution < -0.4 is 4.90 Å². The van der Waals surface area contributed by atoms with Crippen molar-refractivity contribution in [3.05, 3.63) is 90.0 Å². The van der Waals surface area contributed by atoms with Gasteiger partial charge in [0.05, 0.1) is 0 Å². The molecule has 0 spiro atoms. The van der Waals surface area contributed by atoms with Crippen LogP contribution in [0.25, 0.3) is 11.1 Å². The highest BCUT2D eigenvalue weighted by atomic mass is 15.2. The van der Waals surface area contributed by atoms with Crippen molar-refractivity contribution in [2.24, 2.45) is 0 Å². The van der Waals surface area contributed by atoms with E-state index in [-0.39, 0.29) is 5.41 Å². The first kappa shape index (κ1) is 17.6. The first-order valence-electron chi connectivity index (χ1n) is 10.6. The minimum atomic E-state index is 0.285. The number of hydrogen-bond donors (Lipinski definition) is 0. The summed E-state index contributed by atoms with van der Waals surface area (Å²) in [5, 5.41) is 0. The highest BCUT2D eigenvalue weighted by Crippen LogP contribution is 2.53. The van der Waals surface area contributed by atoms with Crippen molar-refractivity contribution in [1.82, 2.24) is 0 Å². The zero-order valence-corrected chi connectivity index (χ0v) is 17.0. The van der Waals surface area contributed by atoms with Gasteiger partial charge < -0.3 is 4.90 Å². The number of piperidine rings is 2. The quantitative estimate of drug-likeness (QED) is 0.495. The molecule has 0 amide bonds. The Morgan fingerprint density at radius 1 is 0.714 bits per heavy atom. The molecule has 2 heterocycles. The number of fused-ring (bicyclic) bond motifs is 3. The average Bonchev–Trinajstić information content (AvgIpc) is 2.75. The maximum atomic E-state index is 2.70. The Kier molecular flexibility index (Phi) is 4.08. The van der Waals surface area contributed by atoms with Gasteiger partial charge >= 0.3 is 0 Å². The molecular weight excluding hydrogens is 338 g/mol. The minimum Gasteiger partial charge on any atom is -0.365 e. The molecule has 1 heteroatoms. The molecule has 1 saturated carbocycles. The third-order valence-electron chi connectivity index (χ3n) is 7.37. The van der Waals surface area contributed by atoms with Gasteiger partial charge in [0, 0.05) is 23.2 Å². The summed E-state index contributed by atoms with van der Waals surface area (Å²) in [6.07, 6.45) is 5.17. The maximum absolute atomic E-state index is 2.70. The molecule has 0 atom stereocenters. The number of nitrogens with zero attached hydrogens (tertiary/aromatic N) is 1. The highest BCUT2D eigenvalue weighted by Gasteiger charge is 2.51. The van der Waals surface area contributed by atoms with Crippen molar-refractivity contribution in [1.29, 1.82) is 0 Å². The third kappa shape index (κ3) is 2.76. The number of benzene rings is 3. The Labute approximate surface area is 169 Å². The highest BCUT2D eigenvalue weighted by molar-refractivity contribution is 5.65. The molecule has 3 aromatic carbocycles. The number of rotatable bonds is 3. The molecule has 6 rings (SSSR count). The molecule has 2 saturated heterocycles. The van der Waals surface area contributed by atoms with Gasteiger partial charge in [-0.05, 0) is 73.9 Å². The molecule has 0 radical (unpaired) electrons. The maximum Gasteiger partial charge on any atom is 0.0375 e. The fourth-order valence-corrected chi connectivity index (χ4v) is 5.62. The predicted molar refractivity (Wildman–Crippen MR) is 119 cm³/mol. The Hall–Kier alpha value is -2.54. The fraction of sp³-hybridized carbons (Fsp3) is 0.333. The van der Waals surface area contributed by atoms with Gasteiger partial charge in [-0.3, -0.25) is 0 Å². The lowest BCUT2D eigenvalue weighted by Gasteiger charge is -2.60. The topological polar surface area (TPSA) is 3.24 Å². The standard InChI is InChI=1S/C27H29N/c1-21-19-23(22-9-5-3-6-10-22)13-14-25(21)27-17-15-26(2,16-18-27)28(20-27)24-11-7-4-8-12-24/h3-14,19H,15-18,20H2,1-2H3. The summed E-state index contributed by atoms with van der Waals surface area (Å²) in [4.78, 5) is 2.70. The molecule has 0 aromatic heterocycles. The number of anilines is 1. The molecule has 0 unspecified atom stereocenters. The second-order valence-electron chi connectivity index (χ2n) is 9.09. The van der Waals surface area contributed by atoms with Crippen molar-refractivity contribution in [3.8, 4) is 11.1 Å². The van der Waals surface area contributed by atoms with E-state index in [0.29, 0.717) is 5.54 Å². The van der Waals surface area contributed by atoms with Crippen LogP contribution in [0.5, 0.6) is 0 Å². The van der Waals surface area contributed by atoms with E-state index in [9.17, 15) is 0 Å². The van der Waals surface area contributed by atoms with Crippen LogP contribution in [-0.2, 0) is 5.41 Å². The van der Waals surface area contributed by atoms with Crippen molar-refractivity contribution in [2.45, 2.75) is 50.5 Å². The number of hydrogen-bond acceptors (Lipinski definition) is 1. The molecule has 28 heavy (non-hydrogen) atoms. The summed E-state index contributed by atoms with van der Waals surface area (Å²) in [5.41, 5.74) is 7.62. The lowest BCUT2D eigenvalue weighted by molar-refractivity contribution is 0.140. The Balaban J connectivity index is 1.52. The molecule has 1 nitrogen and oxygen atoms in total. The van der Waals surface area contributed by atoms with Crippen LogP contribution in [0.3, 0.4) is 0 Å². The van der Waals surface area contributed by atoms with Crippen molar-refractivity contribution in [2.75, 3.05) is 11.4 Å². The summed E-state index contributed by atoms with van der Waals surface area (Å²) in [6.45, 7) is 5.92. The molecule has 3 aromatic rings. The van der Waals surface area contributed by atoms with Crippen LogP contribution in [0.4, 0.5) is 5.69 Å². The van der Waals surface area contributed by atoms with Gasteiger partial charge in [-0.2, -0.15) is 0 Å². The molecule has 3 aliphatic rings. The van der Waals surface area contributed by atoms with E-state index in [1.54, 1.807) is 5.56 Å². The summed E-state index contributed by atoms with van der Waals surface area (Å²) in [5.74, 6) is 0. The van der Waals surface area contributed by atoms with Gasteiger partial charge in [0.2, 0.25) is 0 Å². The normalized spacial score (nSPS) is 26.4. The molecule has 2 aliphatic heterocycles. The van der Waals surface area contributed by atoms with Gasteiger partial charge in [0.25, 0.3) is 0 Å². The molecule has 2 bridgehead atoms. The van der Waals surface area contributed by atoms with Crippen LogP contribution in [0, 0.1) is 6.92 Å². The van der Waals surface area contributed by atoms with Crippen LogP contribution in [0.1, 0.15) is 43.7 Å².